The Bertz CT molecular complexity index is 650. The number of ether oxygens (including phenoxy) is 2. The molecule has 0 radical (unpaired) electrons. The van der Waals surface area contributed by atoms with Gasteiger partial charge >= 0.3 is 0 Å². The van der Waals surface area contributed by atoms with Crippen LogP contribution in [0.2, 0.25) is 0 Å². The molecule has 0 aliphatic carbocycles. The summed E-state index contributed by atoms with van der Waals surface area (Å²) in [4.78, 5) is 0. The van der Waals surface area contributed by atoms with E-state index in [9.17, 15) is 5.11 Å². The van der Waals surface area contributed by atoms with E-state index in [-0.39, 0.29) is 5.75 Å². The summed E-state index contributed by atoms with van der Waals surface area (Å²) in [5.74, 6) is 1.01. The monoisotopic (exact) mass is 254 g/mol. The van der Waals surface area contributed by atoms with Crippen molar-refractivity contribution < 1.29 is 14.6 Å². The van der Waals surface area contributed by atoms with Crippen LogP contribution < -0.4 is 9.47 Å². The highest BCUT2D eigenvalue weighted by molar-refractivity contribution is 5.50. The minimum Gasteiger partial charge on any atom is -0.504 e. The molecule has 0 fully saturated rings. The summed E-state index contributed by atoms with van der Waals surface area (Å²) in [7, 11) is 0. The number of para-hydroxylation sites is 2. The Morgan fingerprint density at radius 3 is 2.68 bits per heavy atom. The van der Waals surface area contributed by atoms with Crippen molar-refractivity contribution in [2.75, 3.05) is 0 Å². The van der Waals surface area contributed by atoms with Crippen LogP contribution in [-0.2, 0) is 12.8 Å². The lowest BCUT2D eigenvalue weighted by Gasteiger charge is -2.34. The molecule has 3 nitrogen and oxygen atoms in total. The van der Waals surface area contributed by atoms with Gasteiger partial charge in [0.2, 0.25) is 0 Å². The predicted molar refractivity (Wildman–Crippen MR) is 70.6 cm³/mol. The van der Waals surface area contributed by atoms with Gasteiger partial charge in [-0.05, 0) is 24.1 Å². The van der Waals surface area contributed by atoms with Crippen molar-refractivity contribution in [3.05, 3.63) is 53.6 Å². The van der Waals surface area contributed by atoms with Crippen LogP contribution in [0.1, 0.15) is 17.5 Å². The van der Waals surface area contributed by atoms with Crippen LogP contribution in [0, 0.1) is 0 Å². The molecule has 0 saturated heterocycles. The highest BCUT2D eigenvalue weighted by atomic mass is 16.7. The van der Waals surface area contributed by atoms with Gasteiger partial charge in [-0.1, -0.05) is 30.3 Å². The van der Waals surface area contributed by atoms with E-state index in [1.54, 1.807) is 6.07 Å². The summed E-state index contributed by atoms with van der Waals surface area (Å²) < 4.78 is 12.0. The van der Waals surface area contributed by atoms with Crippen LogP contribution in [0.25, 0.3) is 0 Å². The third-order valence-corrected chi connectivity index (χ3v) is 3.87. The molecule has 0 amide bonds. The summed E-state index contributed by atoms with van der Waals surface area (Å²) in [6.07, 6.45) is 2.42. The number of hydrogen-bond donors (Lipinski definition) is 1. The summed E-state index contributed by atoms with van der Waals surface area (Å²) >= 11 is 0. The Morgan fingerprint density at radius 1 is 0.947 bits per heavy atom. The van der Waals surface area contributed by atoms with Crippen LogP contribution in [0.15, 0.2) is 42.5 Å². The summed E-state index contributed by atoms with van der Waals surface area (Å²) in [5, 5.41) is 9.86. The van der Waals surface area contributed by atoms with E-state index in [2.05, 4.69) is 6.07 Å². The summed E-state index contributed by atoms with van der Waals surface area (Å²) in [5.41, 5.74) is 2.23. The van der Waals surface area contributed by atoms with Crippen molar-refractivity contribution >= 4 is 0 Å². The predicted octanol–water partition coefficient (Wildman–Crippen LogP) is 3.05. The maximum atomic E-state index is 9.86. The molecular weight excluding hydrogens is 240 g/mol. The fourth-order valence-electron chi connectivity index (χ4n) is 2.92. The molecule has 0 bridgehead atoms. The van der Waals surface area contributed by atoms with Crippen molar-refractivity contribution in [3.63, 3.8) is 0 Å². The lowest BCUT2D eigenvalue weighted by atomic mass is 9.96. The minimum absolute atomic E-state index is 0.192. The van der Waals surface area contributed by atoms with Gasteiger partial charge in [-0.2, -0.15) is 0 Å². The van der Waals surface area contributed by atoms with Crippen molar-refractivity contribution in [1.82, 2.24) is 0 Å². The van der Waals surface area contributed by atoms with Gasteiger partial charge in [0.05, 0.1) is 6.42 Å². The third kappa shape index (κ3) is 1.58. The molecule has 1 N–H and O–H groups in total. The SMILES string of the molecule is Oc1cccc2c1OC1(CCc3ccccc3O1)C2. The quantitative estimate of drug-likeness (QED) is 0.785. The maximum Gasteiger partial charge on any atom is 0.255 e. The molecule has 19 heavy (non-hydrogen) atoms. The normalized spacial score (nSPS) is 23.4. The Kier molecular flexibility index (Phi) is 2.07. The Balaban J connectivity index is 1.71. The lowest BCUT2D eigenvalue weighted by molar-refractivity contribution is -0.111. The van der Waals surface area contributed by atoms with Crippen LogP contribution >= 0.6 is 0 Å². The highest BCUT2D eigenvalue weighted by Gasteiger charge is 2.45. The zero-order valence-corrected chi connectivity index (χ0v) is 10.4. The van der Waals surface area contributed by atoms with Gasteiger partial charge in [0.1, 0.15) is 5.75 Å². The fourth-order valence-corrected chi connectivity index (χ4v) is 2.92. The standard InChI is InChI=1S/C16H14O3/c17-13-6-3-5-12-10-16(19-15(12)13)9-8-11-4-1-2-7-14(11)18-16/h1-7,17H,8-10H2. The van der Waals surface area contributed by atoms with Gasteiger partial charge in [0, 0.05) is 12.0 Å². The summed E-state index contributed by atoms with van der Waals surface area (Å²) in [6, 6.07) is 13.5. The first kappa shape index (κ1) is 10.7. The van der Waals surface area contributed by atoms with Crippen molar-refractivity contribution in [2.45, 2.75) is 25.0 Å². The zero-order chi connectivity index (χ0) is 12.9. The van der Waals surface area contributed by atoms with E-state index in [0.29, 0.717) is 12.2 Å². The van der Waals surface area contributed by atoms with E-state index in [1.807, 2.05) is 30.3 Å². The minimum atomic E-state index is -0.643. The number of benzene rings is 2. The van der Waals surface area contributed by atoms with Gasteiger partial charge in [0.15, 0.2) is 11.5 Å². The second-order valence-corrected chi connectivity index (χ2v) is 5.16. The number of phenolic OH excluding ortho intramolecular Hbond substituents is 1. The van der Waals surface area contributed by atoms with Gasteiger partial charge in [0.25, 0.3) is 5.79 Å². The van der Waals surface area contributed by atoms with Crippen LogP contribution in [0.3, 0.4) is 0 Å². The average molecular weight is 254 g/mol. The molecule has 2 aromatic carbocycles. The topological polar surface area (TPSA) is 38.7 Å². The number of rotatable bonds is 0. The van der Waals surface area contributed by atoms with E-state index in [4.69, 9.17) is 9.47 Å². The fraction of sp³-hybridized carbons (Fsp3) is 0.250. The number of aromatic hydroxyl groups is 1. The molecule has 2 aliphatic rings. The molecule has 0 aromatic heterocycles. The molecule has 96 valence electrons. The first-order valence-electron chi connectivity index (χ1n) is 6.53. The molecule has 4 rings (SSSR count). The number of aryl methyl sites for hydroxylation is 1. The van der Waals surface area contributed by atoms with Crippen LogP contribution in [-0.4, -0.2) is 10.9 Å². The molecule has 0 saturated carbocycles. The van der Waals surface area contributed by atoms with Crippen LogP contribution in [0.4, 0.5) is 0 Å². The summed E-state index contributed by atoms with van der Waals surface area (Å²) in [6.45, 7) is 0. The van der Waals surface area contributed by atoms with E-state index >= 15 is 0 Å². The average Bonchev–Trinajstić information content (AvgIpc) is 2.78. The smallest absolute Gasteiger partial charge is 0.255 e. The van der Waals surface area contributed by atoms with E-state index < -0.39 is 5.79 Å². The van der Waals surface area contributed by atoms with E-state index in [0.717, 1.165) is 24.2 Å². The van der Waals surface area contributed by atoms with Gasteiger partial charge in [-0.15, -0.1) is 0 Å². The number of hydrogen-bond acceptors (Lipinski definition) is 3. The second-order valence-electron chi connectivity index (χ2n) is 5.16. The molecule has 2 aromatic rings. The number of fused-ring (bicyclic) bond motifs is 2. The van der Waals surface area contributed by atoms with Gasteiger partial charge < -0.3 is 14.6 Å². The molecule has 3 heteroatoms. The molecule has 1 atom stereocenters. The molecule has 2 heterocycles. The first-order valence-corrected chi connectivity index (χ1v) is 6.53. The van der Waals surface area contributed by atoms with Crippen LogP contribution in [0.5, 0.6) is 17.2 Å². The maximum absolute atomic E-state index is 9.86. The Morgan fingerprint density at radius 2 is 1.79 bits per heavy atom. The molecular formula is C16H14O3. The Labute approximate surface area is 111 Å². The largest absolute Gasteiger partial charge is 0.504 e. The highest BCUT2D eigenvalue weighted by Crippen LogP contribution is 2.46. The second kappa shape index (κ2) is 3.67. The number of phenols is 1. The van der Waals surface area contributed by atoms with Crippen molar-refractivity contribution in [2.24, 2.45) is 0 Å². The zero-order valence-electron chi connectivity index (χ0n) is 10.4. The molecule has 2 aliphatic heterocycles. The Hall–Kier alpha value is -2.16. The lowest BCUT2D eigenvalue weighted by Crippen LogP contribution is -2.44. The molecule has 1 spiro atoms. The first-order chi connectivity index (χ1) is 9.26. The van der Waals surface area contributed by atoms with Gasteiger partial charge in [-0.25, -0.2) is 0 Å². The van der Waals surface area contributed by atoms with Crippen molar-refractivity contribution in [3.8, 4) is 17.2 Å². The molecule has 1 unspecified atom stereocenters. The third-order valence-electron chi connectivity index (χ3n) is 3.87. The van der Waals surface area contributed by atoms with Crippen molar-refractivity contribution in [1.29, 1.82) is 0 Å². The van der Waals surface area contributed by atoms with E-state index in [1.165, 1.54) is 5.56 Å². The van der Waals surface area contributed by atoms with Gasteiger partial charge in [-0.3, -0.25) is 0 Å².